The SMILES string of the molecule is C[C@H](O)[C@H]1CC[C@H]2[C@@H]3CO[C@H]4C[C@](C)(O)CC[C@@H]4[C@H]3CC[C@]12C. The molecule has 9 atom stereocenters. The first-order valence-electron chi connectivity index (χ1n) is 9.84. The van der Waals surface area contributed by atoms with Gasteiger partial charge in [0.15, 0.2) is 0 Å². The lowest BCUT2D eigenvalue weighted by molar-refractivity contribution is -0.185. The molecule has 132 valence electrons. The van der Waals surface area contributed by atoms with Crippen LogP contribution in [0.1, 0.15) is 65.7 Å². The van der Waals surface area contributed by atoms with E-state index in [0.717, 1.165) is 37.7 Å². The topological polar surface area (TPSA) is 49.7 Å². The van der Waals surface area contributed by atoms with E-state index < -0.39 is 5.60 Å². The van der Waals surface area contributed by atoms with E-state index in [1.54, 1.807) is 0 Å². The van der Waals surface area contributed by atoms with Gasteiger partial charge < -0.3 is 14.9 Å². The molecule has 0 radical (unpaired) electrons. The summed E-state index contributed by atoms with van der Waals surface area (Å²) in [6, 6.07) is 0. The number of fused-ring (bicyclic) bond motifs is 5. The molecule has 4 fully saturated rings. The molecule has 4 aliphatic rings. The molecule has 0 aromatic rings. The molecule has 0 amide bonds. The maximum atomic E-state index is 10.4. The fraction of sp³-hybridized carbons (Fsp3) is 1.00. The smallest absolute Gasteiger partial charge is 0.0644 e. The number of hydrogen-bond donors (Lipinski definition) is 2. The Labute approximate surface area is 140 Å². The van der Waals surface area contributed by atoms with Crippen LogP contribution < -0.4 is 0 Å². The summed E-state index contributed by atoms with van der Waals surface area (Å²) in [4.78, 5) is 0. The Morgan fingerprint density at radius 2 is 1.74 bits per heavy atom. The standard InChI is InChI=1S/C20H34O3/c1-12(21)16-4-5-17-15-11-23-18-10-19(2,22)8-6-14(18)13(15)7-9-20(16,17)3/h12-18,21-22H,4-11H2,1-3H3/t12-,13+,14+,15+,16+,17-,18-,19+,20+/m0/s1. The lowest BCUT2D eigenvalue weighted by Crippen LogP contribution is -2.55. The van der Waals surface area contributed by atoms with Crippen molar-refractivity contribution in [2.75, 3.05) is 6.61 Å². The van der Waals surface area contributed by atoms with E-state index >= 15 is 0 Å². The van der Waals surface area contributed by atoms with E-state index in [1.165, 1.54) is 25.7 Å². The zero-order valence-corrected chi connectivity index (χ0v) is 15.0. The zero-order valence-electron chi connectivity index (χ0n) is 15.0. The molecule has 0 spiro atoms. The van der Waals surface area contributed by atoms with Gasteiger partial charge in [0.1, 0.15) is 0 Å². The first-order valence-corrected chi connectivity index (χ1v) is 9.84. The van der Waals surface area contributed by atoms with Crippen molar-refractivity contribution in [3.8, 4) is 0 Å². The van der Waals surface area contributed by atoms with Gasteiger partial charge in [0.25, 0.3) is 0 Å². The van der Waals surface area contributed by atoms with Gasteiger partial charge in [0.05, 0.1) is 24.4 Å². The number of ether oxygens (including phenoxy) is 1. The summed E-state index contributed by atoms with van der Waals surface area (Å²) in [6.45, 7) is 7.28. The van der Waals surface area contributed by atoms with Gasteiger partial charge in [-0.15, -0.1) is 0 Å². The highest BCUT2D eigenvalue weighted by molar-refractivity contribution is 5.07. The summed E-state index contributed by atoms with van der Waals surface area (Å²) in [5.41, 5.74) is -0.215. The van der Waals surface area contributed by atoms with Gasteiger partial charge in [-0.2, -0.15) is 0 Å². The molecule has 0 unspecified atom stereocenters. The maximum Gasteiger partial charge on any atom is 0.0644 e. The molecule has 1 heterocycles. The van der Waals surface area contributed by atoms with Crippen LogP contribution in [0.25, 0.3) is 0 Å². The lowest BCUT2D eigenvalue weighted by atomic mass is 9.53. The van der Waals surface area contributed by atoms with Gasteiger partial charge in [0, 0.05) is 6.42 Å². The van der Waals surface area contributed by atoms with E-state index in [-0.39, 0.29) is 12.2 Å². The Balaban J connectivity index is 1.54. The third-order valence-electron chi connectivity index (χ3n) is 8.34. The lowest BCUT2D eigenvalue weighted by Gasteiger charge is -2.56. The summed E-state index contributed by atoms with van der Waals surface area (Å²) < 4.78 is 6.31. The van der Waals surface area contributed by atoms with Gasteiger partial charge in [-0.3, -0.25) is 0 Å². The van der Waals surface area contributed by atoms with Crippen molar-refractivity contribution in [2.24, 2.45) is 35.0 Å². The Morgan fingerprint density at radius 3 is 2.48 bits per heavy atom. The molecule has 3 aliphatic carbocycles. The average Bonchev–Trinajstić information content (AvgIpc) is 2.83. The molecule has 0 aromatic heterocycles. The van der Waals surface area contributed by atoms with Gasteiger partial charge in [-0.05, 0) is 87.4 Å². The van der Waals surface area contributed by atoms with Crippen LogP contribution in [0.2, 0.25) is 0 Å². The summed E-state index contributed by atoms with van der Waals surface area (Å²) in [5, 5.41) is 20.6. The van der Waals surface area contributed by atoms with E-state index in [9.17, 15) is 10.2 Å². The third kappa shape index (κ3) is 2.49. The predicted molar refractivity (Wildman–Crippen MR) is 89.9 cm³/mol. The van der Waals surface area contributed by atoms with E-state index in [4.69, 9.17) is 4.74 Å². The number of aliphatic hydroxyl groups is 2. The maximum absolute atomic E-state index is 10.4. The minimum absolute atomic E-state index is 0.177. The van der Waals surface area contributed by atoms with Crippen LogP contribution in [-0.2, 0) is 4.74 Å². The van der Waals surface area contributed by atoms with Crippen LogP contribution >= 0.6 is 0 Å². The molecule has 4 rings (SSSR count). The first-order chi connectivity index (χ1) is 10.8. The van der Waals surface area contributed by atoms with Crippen molar-refractivity contribution < 1.29 is 14.9 Å². The van der Waals surface area contributed by atoms with Crippen LogP contribution in [0.15, 0.2) is 0 Å². The Kier molecular flexibility index (Phi) is 3.87. The predicted octanol–water partition coefficient (Wildman–Crippen LogP) is 3.38. The van der Waals surface area contributed by atoms with Crippen molar-refractivity contribution in [1.29, 1.82) is 0 Å². The summed E-state index contributed by atoms with van der Waals surface area (Å²) >= 11 is 0. The molecular formula is C20H34O3. The fourth-order valence-electron chi connectivity index (χ4n) is 7.18. The van der Waals surface area contributed by atoms with E-state index in [0.29, 0.717) is 23.2 Å². The fourth-order valence-corrected chi connectivity index (χ4v) is 7.18. The zero-order chi connectivity index (χ0) is 16.4. The Hall–Kier alpha value is -0.120. The summed E-state index contributed by atoms with van der Waals surface area (Å²) in [6.07, 6.45) is 8.00. The minimum atomic E-state index is -0.526. The molecule has 0 aromatic carbocycles. The van der Waals surface area contributed by atoms with Crippen molar-refractivity contribution >= 4 is 0 Å². The van der Waals surface area contributed by atoms with Crippen LogP contribution in [-0.4, -0.2) is 34.6 Å². The highest BCUT2D eigenvalue weighted by atomic mass is 16.5. The second kappa shape index (κ2) is 5.44. The van der Waals surface area contributed by atoms with Gasteiger partial charge >= 0.3 is 0 Å². The van der Waals surface area contributed by atoms with Gasteiger partial charge in [-0.25, -0.2) is 0 Å². The second-order valence-electron chi connectivity index (χ2n) is 9.68. The second-order valence-corrected chi connectivity index (χ2v) is 9.68. The normalized spacial score (nSPS) is 57.3. The molecule has 23 heavy (non-hydrogen) atoms. The number of hydrogen-bond acceptors (Lipinski definition) is 3. The van der Waals surface area contributed by atoms with Gasteiger partial charge in [-0.1, -0.05) is 6.92 Å². The minimum Gasteiger partial charge on any atom is -0.393 e. The van der Waals surface area contributed by atoms with Crippen molar-refractivity contribution in [1.82, 2.24) is 0 Å². The quantitative estimate of drug-likeness (QED) is 0.778. The molecule has 1 saturated heterocycles. The Bertz CT molecular complexity index is 460. The molecule has 3 saturated carbocycles. The Morgan fingerprint density at radius 1 is 1.00 bits per heavy atom. The van der Waals surface area contributed by atoms with E-state index in [1.807, 2.05) is 13.8 Å². The monoisotopic (exact) mass is 322 g/mol. The van der Waals surface area contributed by atoms with Crippen molar-refractivity contribution in [3.05, 3.63) is 0 Å². The number of aliphatic hydroxyl groups excluding tert-OH is 1. The molecule has 2 N–H and O–H groups in total. The largest absolute Gasteiger partial charge is 0.393 e. The van der Waals surface area contributed by atoms with Crippen molar-refractivity contribution in [3.63, 3.8) is 0 Å². The summed E-state index contributed by atoms with van der Waals surface area (Å²) in [7, 11) is 0. The van der Waals surface area contributed by atoms with Crippen LogP contribution in [0.4, 0.5) is 0 Å². The highest BCUT2D eigenvalue weighted by Gasteiger charge is 2.58. The molecule has 0 bridgehead atoms. The first kappa shape index (κ1) is 16.4. The number of rotatable bonds is 1. The van der Waals surface area contributed by atoms with Crippen LogP contribution in [0, 0.1) is 35.0 Å². The highest BCUT2D eigenvalue weighted by Crippen LogP contribution is 2.63. The molecule has 1 aliphatic heterocycles. The van der Waals surface area contributed by atoms with Crippen molar-refractivity contribution in [2.45, 2.75) is 83.5 Å². The molecular weight excluding hydrogens is 288 g/mol. The van der Waals surface area contributed by atoms with Crippen LogP contribution in [0.3, 0.4) is 0 Å². The molecule has 3 nitrogen and oxygen atoms in total. The third-order valence-corrected chi connectivity index (χ3v) is 8.34. The van der Waals surface area contributed by atoms with Gasteiger partial charge in [0.2, 0.25) is 0 Å². The van der Waals surface area contributed by atoms with E-state index in [2.05, 4.69) is 6.92 Å². The molecule has 3 heteroatoms. The average molecular weight is 322 g/mol. The summed E-state index contributed by atoms with van der Waals surface area (Å²) in [5.74, 6) is 3.32. The van der Waals surface area contributed by atoms with Crippen LogP contribution in [0.5, 0.6) is 0 Å².